The molecule has 0 aromatic rings. The van der Waals surface area contributed by atoms with Crippen LogP contribution < -0.4 is 0 Å². The van der Waals surface area contributed by atoms with E-state index in [0.717, 1.165) is 5.57 Å². The predicted molar refractivity (Wildman–Crippen MR) is 51.2 cm³/mol. The highest BCUT2D eigenvalue weighted by atomic mass is 13.9. The van der Waals surface area contributed by atoms with Gasteiger partial charge in [-0.1, -0.05) is 24.1 Å². The Balaban J connectivity index is 4.58. The molecule has 0 nitrogen and oxygen atoms in total. The molecule has 0 fully saturated rings. The molecule has 0 amide bonds. The van der Waals surface area contributed by atoms with Crippen molar-refractivity contribution in [2.75, 3.05) is 0 Å². The fourth-order valence-electron chi connectivity index (χ4n) is 0.708. The predicted octanol–water partition coefficient (Wildman–Crippen LogP) is 3.09. The van der Waals surface area contributed by atoms with Gasteiger partial charge in [0.05, 0.1) is 0 Å². The quantitative estimate of drug-likeness (QED) is 0.415. The van der Waals surface area contributed by atoms with Crippen molar-refractivity contribution in [1.82, 2.24) is 0 Å². The van der Waals surface area contributed by atoms with Crippen LogP contribution in [0.2, 0.25) is 0 Å². The molecular weight excluding hydrogens is 132 g/mol. The molecule has 0 saturated carbocycles. The van der Waals surface area contributed by atoms with Gasteiger partial charge < -0.3 is 0 Å². The molecule has 0 aliphatic rings. The number of hydrogen-bond acceptors (Lipinski definition) is 0. The van der Waals surface area contributed by atoms with E-state index in [1.165, 1.54) is 5.57 Å². The average Bonchev–Trinajstić information content (AvgIpc) is 1.87. The van der Waals surface area contributed by atoms with Crippen molar-refractivity contribution >= 4 is 0 Å². The molecule has 0 rings (SSSR count). The molecule has 0 aromatic carbocycles. The molecule has 0 atom stereocenters. The van der Waals surface area contributed by atoms with Gasteiger partial charge in [0.2, 0.25) is 0 Å². The molecule has 0 saturated heterocycles. The van der Waals surface area contributed by atoms with E-state index in [2.05, 4.69) is 18.4 Å². The molecule has 0 N–H and O–H groups in total. The van der Waals surface area contributed by atoms with Crippen LogP contribution in [0.5, 0.6) is 0 Å². The zero-order chi connectivity index (χ0) is 8.69. The second-order valence-corrected chi connectivity index (χ2v) is 2.45. The van der Waals surface area contributed by atoms with Crippen molar-refractivity contribution in [1.29, 1.82) is 0 Å². The lowest BCUT2D eigenvalue weighted by molar-refractivity contribution is 1.38. The summed E-state index contributed by atoms with van der Waals surface area (Å²) in [5.41, 5.74) is 2.27. The minimum absolute atomic E-state index is 1.02. The smallest absolute Gasteiger partial charge is 0.0244 e. The SMILES string of the molecule is C=C/C=C(/C#CC)C=C(C)C. The summed E-state index contributed by atoms with van der Waals surface area (Å²) in [6.07, 6.45) is 5.70. The molecule has 0 radical (unpaired) electrons. The molecule has 0 heterocycles. The van der Waals surface area contributed by atoms with Gasteiger partial charge in [0.1, 0.15) is 0 Å². The van der Waals surface area contributed by atoms with E-state index in [4.69, 9.17) is 0 Å². The summed E-state index contributed by atoms with van der Waals surface area (Å²) in [7, 11) is 0. The molecule has 0 bridgehead atoms. The van der Waals surface area contributed by atoms with Crippen LogP contribution in [0.3, 0.4) is 0 Å². The summed E-state index contributed by atoms with van der Waals surface area (Å²) >= 11 is 0. The summed E-state index contributed by atoms with van der Waals surface area (Å²) in [4.78, 5) is 0. The van der Waals surface area contributed by atoms with Gasteiger partial charge in [-0.2, -0.15) is 0 Å². The van der Waals surface area contributed by atoms with Crippen LogP contribution in [0, 0.1) is 11.8 Å². The third kappa shape index (κ3) is 5.24. The Morgan fingerprint density at radius 3 is 2.36 bits per heavy atom. The maximum Gasteiger partial charge on any atom is 0.0244 e. The Kier molecular flexibility index (Phi) is 4.94. The Morgan fingerprint density at radius 1 is 1.36 bits per heavy atom. The second-order valence-electron chi connectivity index (χ2n) is 2.45. The van der Waals surface area contributed by atoms with Gasteiger partial charge in [-0.25, -0.2) is 0 Å². The van der Waals surface area contributed by atoms with E-state index in [0.29, 0.717) is 0 Å². The van der Waals surface area contributed by atoms with Crippen molar-refractivity contribution in [3.05, 3.63) is 36.0 Å². The summed E-state index contributed by atoms with van der Waals surface area (Å²) in [5, 5.41) is 0. The summed E-state index contributed by atoms with van der Waals surface area (Å²) < 4.78 is 0. The van der Waals surface area contributed by atoms with E-state index in [1.54, 1.807) is 6.08 Å². The molecule has 58 valence electrons. The van der Waals surface area contributed by atoms with E-state index in [9.17, 15) is 0 Å². The second kappa shape index (κ2) is 5.56. The van der Waals surface area contributed by atoms with Crippen molar-refractivity contribution in [2.45, 2.75) is 20.8 Å². The third-order valence-electron chi connectivity index (χ3n) is 1.01. The van der Waals surface area contributed by atoms with Gasteiger partial charge in [-0.15, -0.1) is 5.92 Å². The van der Waals surface area contributed by atoms with E-state index >= 15 is 0 Å². The van der Waals surface area contributed by atoms with Crippen LogP contribution in [-0.2, 0) is 0 Å². The van der Waals surface area contributed by atoms with Crippen LogP contribution in [-0.4, -0.2) is 0 Å². The minimum Gasteiger partial charge on any atom is -0.101 e. The Labute approximate surface area is 69.3 Å². The van der Waals surface area contributed by atoms with Crippen molar-refractivity contribution in [3.8, 4) is 11.8 Å². The van der Waals surface area contributed by atoms with Gasteiger partial charge >= 0.3 is 0 Å². The van der Waals surface area contributed by atoms with Gasteiger partial charge in [-0.3, -0.25) is 0 Å². The Hall–Kier alpha value is -1.22. The van der Waals surface area contributed by atoms with E-state index in [1.807, 2.05) is 32.9 Å². The lowest BCUT2D eigenvalue weighted by Crippen LogP contribution is -1.72. The zero-order valence-corrected chi connectivity index (χ0v) is 7.44. The lowest BCUT2D eigenvalue weighted by atomic mass is 10.2. The first kappa shape index (κ1) is 9.78. The topological polar surface area (TPSA) is 0 Å². The molecule has 0 aromatic heterocycles. The molecule has 0 aliphatic heterocycles. The van der Waals surface area contributed by atoms with Gasteiger partial charge in [0, 0.05) is 5.57 Å². The maximum absolute atomic E-state index is 3.62. The van der Waals surface area contributed by atoms with Crippen molar-refractivity contribution < 1.29 is 0 Å². The minimum atomic E-state index is 1.02. The maximum atomic E-state index is 3.62. The third-order valence-corrected chi connectivity index (χ3v) is 1.01. The highest BCUT2D eigenvalue weighted by molar-refractivity contribution is 5.41. The number of allylic oxidation sites excluding steroid dienone is 5. The highest BCUT2D eigenvalue weighted by Crippen LogP contribution is 2.00. The fraction of sp³-hybridized carbons (Fsp3) is 0.273. The van der Waals surface area contributed by atoms with Gasteiger partial charge in [0.15, 0.2) is 0 Å². The van der Waals surface area contributed by atoms with Gasteiger partial charge in [-0.05, 0) is 32.9 Å². The van der Waals surface area contributed by atoms with Gasteiger partial charge in [0.25, 0.3) is 0 Å². The molecule has 0 spiro atoms. The van der Waals surface area contributed by atoms with E-state index in [-0.39, 0.29) is 0 Å². The molecule has 0 unspecified atom stereocenters. The highest BCUT2D eigenvalue weighted by Gasteiger charge is 1.83. The number of hydrogen-bond donors (Lipinski definition) is 0. The largest absolute Gasteiger partial charge is 0.101 e. The Morgan fingerprint density at radius 2 is 2.00 bits per heavy atom. The van der Waals surface area contributed by atoms with E-state index < -0.39 is 0 Å². The first-order chi connectivity index (χ1) is 5.20. The summed E-state index contributed by atoms with van der Waals surface area (Å²) in [5.74, 6) is 5.83. The van der Waals surface area contributed by atoms with Crippen LogP contribution in [0.25, 0.3) is 0 Å². The van der Waals surface area contributed by atoms with Crippen LogP contribution in [0.4, 0.5) is 0 Å². The standard InChI is InChI=1S/C11H14/c1-5-7-11(8-6-2)9-10(3)4/h5,7,9H,1H2,2-4H3/b11-7-. The normalized spacial score (nSPS) is 9.55. The lowest BCUT2D eigenvalue weighted by Gasteiger charge is -1.89. The number of rotatable bonds is 2. The Bertz CT molecular complexity index is 237. The van der Waals surface area contributed by atoms with Crippen LogP contribution in [0.1, 0.15) is 20.8 Å². The first-order valence-corrected chi connectivity index (χ1v) is 3.61. The molecule has 0 aliphatic carbocycles. The fourth-order valence-corrected chi connectivity index (χ4v) is 0.708. The summed E-state index contributed by atoms with van der Waals surface area (Å²) in [6.45, 7) is 9.55. The van der Waals surface area contributed by atoms with Crippen molar-refractivity contribution in [3.63, 3.8) is 0 Å². The molecular formula is C11H14. The monoisotopic (exact) mass is 146 g/mol. The summed E-state index contributed by atoms with van der Waals surface area (Å²) in [6, 6.07) is 0. The van der Waals surface area contributed by atoms with Crippen LogP contribution >= 0.6 is 0 Å². The average molecular weight is 146 g/mol. The zero-order valence-electron chi connectivity index (χ0n) is 7.44. The molecule has 0 heteroatoms. The molecule has 11 heavy (non-hydrogen) atoms. The van der Waals surface area contributed by atoms with Crippen molar-refractivity contribution in [2.24, 2.45) is 0 Å². The first-order valence-electron chi connectivity index (χ1n) is 3.61. The van der Waals surface area contributed by atoms with Crippen LogP contribution in [0.15, 0.2) is 36.0 Å².